The molecule has 0 aliphatic rings. The molecule has 156 valence electrons. The fourth-order valence-corrected chi connectivity index (χ4v) is 3.67. The molecule has 0 bridgehead atoms. The molecule has 0 aromatic heterocycles. The highest BCUT2D eigenvalue weighted by atomic mass is 32.2. The van der Waals surface area contributed by atoms with Gasteiger partial charge in [0.05, 0.1) is 17.7 Å². The van der Waals surface area contributed by atoms with Crippen molar-refractivity contribution in [2.45, 2.75) is 31.2 Å². The maximum Gasteiger partial charge on any atom is 0.328 e. The van der Waals surface area contributed by atoms with E-state index in [1.54, 1.807) is 0 Å². The summed E-state index contributed by atoms with van der Waals surface area (Å²) in [6.45, 7) is 3.81. The van der Waals surface area contributed by atoms with Crippen molar-refractivity contribution in [1.29, 1.82) is 0 Å². The summed E-state index contributed by atoms with van der Waals surface area (Å²) < 4.78 is 45.4. The highest BCUT2D eigenvalue weighted by Crippen LogP contribution is 2.19. The summed E-state index contributed by atoms with van der Waals surface area (Å²) in [6.07, 6.45) is 0.400. The van der Waals surface area contributed by atoms with Crippen LogP contribution in [0.2, 0.25) is 0 Å². The fourth-order valence-electron chi connectivity index (χ4n) is 2.60. The maximum atomic E-state index is 13.7. The zero-order chi connectivity index (χ0) is 21.6. The Bertz CT molecular complexity index is 975. The Hall–Kier alpha value is -2.94. The highest BCUT2D eigenvalue weighted by Gasteiger charge is 2.23. The van der Waals surface area contributed by atoms with Crippen LogP contribution >= 0.6 is 0 Å². The lowest BCUT2D eigenvalue weighted by Gasteiger charge is -2.18. The van der Waals surface area contributed by atoms with Crippen molar-refractivity contribution in [3.8, 4) is 0 Å². The molecule has 0 heterocycles. The van der Waals surface area contributed by atoms with Gasteiger partial charge in [-0.15, -0.1) is 0 Å². The second-order valence-electron chi connectivity index (χ2n) is 6.79. The second kappa shape index (κ2) is 9.51. The fraction of sp³-hybridized carbons (Fsp3) is 0.300. The van der Waals surface area contributed by atoms with E-state index in [-0.39, 0.29) is 22.1 Å². The molecule has 0 saturated heterocycles. The Labute approximate surface area is 169 Å². The van der Waals surface area contributed by atoms with Crippen LogP contribution in [0.3, 0.4) is 0 Å². The first-order chi connectivity index (χ1) is 13.6. The number of anilines is 1. The summed E-state index contributed by atoms with van der Waals surface area (Å²) >= 11 is 0. The number of sulfonamides is 1. The van der Waals surface area contributed by atoms with E-state index in [1.165, 1.54) is 49.6 Å². The molecule has 0 radical (unpaired) electrons. The number of ether oxygens (including phenoxy) is 1. The van der Waals surface area contributed by atoms with Gasteiger partial charge in [-0.2, -0.15) is 0 Å². The summed E-state index contributed by atoms with van der Waals surface area (Å²) in [5, 5.41) is 2.59. The lowest BCUT2D eigenvalue weighted by Crippen LogP contribution is -2.42. The summed E-state index contributed by atoms with van der Waals surface area (Å²) in [4.78, 5) is 24.1. The molecule has 2 aromatic rings. The van der Waals surface area contributed by atoms with E-state index in [2.05, 4.69) is 10.0 Å². The number of hydrogen-bond acceptors (Lipinski definition) is 5. The molecule has 0 fully saturated rings. The summed E-state index contributed by atoms with van der Waals surface area (Å²) in [6, 6.07) is 9.67. The number of esters is 1. The van der Waals surface area contributed by atoms with Gasteiger partial charge in [0.2, 0.25) is 0 Å². The minimum atomic E-state index is -4.03. The number of methoxy groups -OCH3 is 1. The molecule has 1 amide bonds. The number of carbonyl (C=O) groups excluding carboxylic acids is 2. The van der Waals surface area contributed by atoms with Crippen LogP contribution in [0, 0.1) is 11.7 Å². The van der Waals surface area contributed by atoms with Crippen LogP contribution in [0.1, 0.15) is 30.6 Å². The minimum Gasteiger partial charge on any atom is -0.467 e. The van der Waals surface area contributed by atoms with Gasteiger partial charge in [-0.25, -0.2) is 17.6 Å². The molecule has 2 aromatic carbocycles. The van der Waals surface area contributed by atoms with Gasteiger partial charge < -0.3 is 10.1 Å². The van der Waals surface area contributed by atoms with Crippen molar-refractivity contribution in [3.05, 3.63) is 59.9 Å². The van der Waals surface area contributed by atoms with Crippen molar-refractivity contribution in [1.82, 2.24) is 5.32 Å². The van der Waals surface area contributed by atoms with Crippen LogP contribution in [0.5, 0.6) is 0 Å². The number of amides is 1. The molecule has 2 rings (SSSR count). The Balaban J connectivity index is 2.15. The van der Waals surface area contributed by atoms with E-state index in [0.29, 0.717) is 6.42 Å². The summed E-state index contributed by atoms with van der Waals surface area (Å²) in [5.74, 6) is -1.64. The van der Waals surface area contributed by atoms with Gasteiger partial charge in [-0.3, -0.25) is 9.52 Å². The third-order valence-corrected chi connectivity index (χ3v) is 5.42. The van der Waals surface area contributed by atoms with Crippen molar-refractivity contribution >= 4 is 27.6 Å². The van der Waals surface area contributed by atoms with E-state index >= 15 is 0 Å². The van der Waals surface area contributed by atoms with Gasteiger partial charge >= 0.3 is 5.97 Å². The number of rotatable bonds is 8. The Kier molecular flexibility index (Phi) is 7.33. The maximum absolute atomic E-state index is 13.7. The molecular formula is C20H23FN2O5S. The molecule has 0 saturated carbocycles. The van der Waals surface area contributed by atoms with Crippen molar-refractivity contribution in [3.63, 3.8) is 0 Å². The number of carbonyl (C=O) groups is 2. The normalized spacial score (nSPS) is 12.3. The molecule has 29 heavy (non-hydrogen) atoms. The SMILES string of the molecule is COC(=O)C(CC(C)C)NC(=O)c1ccc(S(=O)(=O)Nc2ccccc2F)cc1. The molecule has 2 N–H and O–H groups in total. The minimum absolute atomic E-state index is 0.135. The number of hydrogen-bond donors (Lipinski definition) is 2. The zero-order valence-corrected chi connectivity index (χ0v) is 17.1. The third-order valence-electron chi connectivity index (χ3n) is 4.04. The van der Waals surface area contributed by atoms with Crippen LogP contribution in [-0.4, -0.2) is 33.4 Å². The number of halogens is 1. The van der Waals surface area contributed by atoms with Crippen LogP contribution in [-0.2, 0) is 19.6 Å². The first-order valence-corrected chi connectivity index (χ1v) is 10.4. The van der Waals surface area contributed by atoms with Gasteiger partial charge in [0, 0.05) is 5.56 Å². The molecule has 0 aliphatic heterocycles. The average Bonchev–Trinajstić information content (AvgIpc) is 2.68. The third kappa shape index (κ3) is 6.02. The van der Waals surface area contributed by atoms with E-state index in [1.807, 2.05) is 13.8 Å². The summed E-state index contributed by atoms with van der Waals surface area (Å²) in [5.41, 5.74) is -0.00331. The lowest BCUT2D eigenvalue weighted by molar-refractivity contribution is -0.143. The molecule has 0 aliphatic carbocycles. The first-order valence-electron chi connectivity index (χ1n) is 8.90. The smallest absolute Gasteiger partial charge is 0.328 e. The quantitative estimate of drug-likeness (QED) is 0.637. The Morgan fingerprint density at radius 1 is 1.07 bits per heavy atom. The predicted octanol–water partition coefficient (Wildman–Crippen LogP) is 2.94. The van der Waals surface area contributed by atoms with Gasteiger partial charge in [-0.1, -0.05) is 26.0 Å². The predicted molar refractivity (Wildman–Crippen MR) is 106 cm³/mol. The van der Waals surface area contributed by atoms with Gasteiger partial charge in [0.25, 0.3) is 15.9 Å². The number of para-hydroxylation sites is 1. The van der Waals surface area contributed by atoms with Crippen molar-refractivity contribution in [2.75, 3.05) is 11.8 Å². The van der Waals surface area contributed by atoms with Crippen molar-refractivity contribution < 1.29 is 27.1 Å². The van der Waals surface area contributed by atoms with Crippen LogP contribution < -0.4 is 10.0 Å². The van der Waals surface area contributed by atoms with Crippen LogP contribution in [0.25, 0.3) is 0 Å². The molecular weight excluding hydrogens is 399 g/mol. The number of nitrogens with one attached hydrogen (secondary N) is 2. The first kappa shape index (κ1) is 22.4. The number of benzene rings is 2. The van der Waals surface area contributed by atoms with Gasteiger partial charge in [-0.05, 0) is 48.7 Å². The molecule has 9 heteroatoms. The van der Waals surface area contributed by atoms with Crippen LogP contribution in [0.4, 0.5) is 10.1 Å². The highest BCUT2D eigenvalue weighted by molar-refractivity contribution is 7.92. The average molecular weight is 422 g/mol. The van der Waals surface area contributed by atoms with E-state index in [0.717, 1.165) is 6.07 Å². The molecule has 0 spiro atoms. The molecule has 1 atom stereocenters. The molecule has 1 unspecified atom stereocenters. The Morgan fingerprint density at radius 2 is 1.69 bits per heavy atom. The van der Waals surface area contributed by atoms with E-state index in [9.17, 15) is 22.4 Å². The lowest BCUT2D eigenvalue weighted by atomic mass is 10.0. The van der Waals surface area contributed by atoms with E-state index in [4.69, 9.17) is 4.74 Å². The van der Waals surface area contributed by atoms with E-state index < -0.39 is 33.8 Å². The topological polar surface area (TPSA) is 102 Å². The summed E-state index contributed by atoms with van der Waals surface area (Å²) in [7, 11) is -2.79. The Morgan fingerprint density at radius 3 is 2.24 bits per heavy atom. The molecule has 7 nitrogen and oxygen atoms in total. The largest absolute Gasteiger partial charge is 0.467 e. The van der Waals surface area contributed by atoms with Crippen molar-refractivity contribution in [2.24, 2.45) is 5.92 Å². The van der Waals surface area contributed by atoms with Gasteiger partial charge in [0.15, 0.2) is 0 Å². The second-order valence-corrected chi connectivity index (χ2v) is 8.47. The van der Waals surface area contributed by atoms with Gasteiger partial charge in [0.1, 0.15) is 11.9 Å². The zero-order valence-electron chi connectivity index (χ0n) is 16.3. The monoisotopic (exact) mass is 422 g/mol. The standard InChI is InChI=1S/C20H23FN2O5S/c1-13(2)12-18(20(25)28-3)22-19(24)14-8-10-15(11-9-14)29(26,27)23-17-7-5-4-6-16(17)21/h4-11,13,18,23H,12H2,1-3H3,(H,22,24). The van der Waals surface area contributed by atoms with Crippen LogP contribution in [0.15, 0.2) is 53.4 Å².